The zero-order chi connectivity index (χ0) is 15.1. The first-order valence-corrected chi connectivity index (χ1v) is 7.97. The molecule has 0 saturated heterocycles. The quantitative estimate of drug-likeness (QED) is 0.572. The number of methoxy groups -OCH3 is 1. The molecule has 0 saturated carbocycles. The Morgan fingerprint density at radius 1 is 1.10 bits per heavy atom. The lowest BCUT2D eigenvalue weighted by molar-refractivity contribution is 0.145. The third-order valence-corrected chi connectivity index (χ3v) is 3.92. The van der Waals surface area contributed by atoms with Gasteiger partial charge < -0.3 is 14.8 Å². The Morgan fingerprint density at radius 3 is 2.62 bits per heavy atom. The third-order valence-electron chi connectivity index (χ3n) is 3.25. The van der Waals surface area contributed by atoms with E-state index in [9.17, 15) is 0 Å². The van der Waals surface area contributed by atoms with Gasteiger partial charge in [-0.3, -0.25) is 0 Å². The Kier molecular flexibility index (Phi) is 6.48. The zero-order valence-corrected chi connectivity index (χ0v) is 14.5. The van der Waals surface area contributed by atoms with Gasteiger partial charge >= 0.3 is 0 Å². The van der Waals surface area contributed by atoms with Crippen molar-refractivity contribution in [2.45, 2.75) is 6.04 Å². The Balaban J connectivity index is 2.29. The second-order valence-corrected chi connectivity index (χ2v) is 5.90. The third kappa shape index (κ3) is 4.43. The molecule has 4 heteroatoms. The first-order chi connectivity index (χ1) is 10.3. The average Bonchev–Trinajstić information content (AvgIpc) is 2.50. The van der Waals surface area contributed by atoms with Crippen LogP contribution in [0.1, 0.15) is 17.2 Å². The minimum absolute atomic E-state index is 0.110. The Labute approximate surface area is 139 Å². The zero-order valence-electron chi connectivity index (χ0n) is 12.3. The van der Waals surface area contributed by atoms with Crippen LogP contribution in [-0.2, 0) is 4.74 Å². The van der Waals surface area contributed by atoms with E-state index in [1.165, 1.54) is 9.13 Å². The van der Waals surface area contributed by atoms with Gasteiger partial charge in [-0.25, -0.2) is 0 Å². The van der Waals surface area contributed by atoms with Gasteiger partial charge in [0.2, 0.25) is 0 Å². The number of nitrogens with one attached hydrogen (secondary N) is 1. The van der Waals surface area contributed by atoms with Gasteiger partial charge in [0, 0.05) is 16.2 Å². The van der Waals surface area contributed by atoms with E-state index in [-0.39, 0.29) is 6.04 Å². The molecule has 112 valence electrons. The van der Waals surface area contributed by atoms with Crippen molar-refractivity contribution in [1.82, 2.24) is 5.32 Å². The first kappa shape index (κ1) is 16.3. The van der Waals surface area contributed by atoms with E-state index >= 15 is 0 Å². The molecule has 0 aliphatic carbocycles. The molecule has 2 aromatic carbocycles. The van der Waals surface area contributed by atoms with Gasteiger partial charge in [0.25, 0.3) is 0 Å². The monoisotopic (exact) mass is 397 g/mol. The fourth-order valence-corrected chi connectivity index (χ4v) is 2.84. The van der Waals surface area contributed by atoms with Gasteiger partial charge in [0.05, 0.1) is 12.6 Å². The van der Waals surface area contributed by atoms with Crippen molar-refractivity contribution in [1.29, 1.82) is 0 Å². The molecule has 0 aliphatic heterocycles. The number of para-hydroxylation sites is 1. The number of benzene rings is 2. The molecule has 0 fully saturated rings. The van der Waals surface area contributed by atoms with Crippen molar-refractivity contribution in [2.75, 3.05) is 27.4 Å². The van der Waals surface area contributed by atoms with Crippen molar-refractivity contribution < 1.29 is 9.47 Å². The van der Waals surface area contributed by atoms with E-state index < -0.39 is 0 Å². The van der Waals surface area contributed by atoms with Crippen LogP contribution in [0.4, 0.5) is 0 Å². The van der Waals surface area contributed by atoms with Crippen LogP contribution in [0.3, 0.4) is 0 Å². The maximum atomic E-state index is 5.85. The number of halogens is 1. The Hall–Kier alpha value is -1.11. The highest BCUT2D eigenvalue weighted by Crippen LogP contribution is 2.30. The van der Waals surface area contributed by atoms with Crippen LogP contribution in [0.25, 0.3) is 0 Å². The summed E-state index contributed by atoms with van der Waals surface area (Å²) in [6.07, 6.45) is 0. The number of hydrogen-bond acceptors (Lipinski definition) is 3. The van der Waals surface area contributed by atoms with E-state index in [0.29, 0.717) is 13.2 Å². The maximum Gasteiger partial charge on any atom is 0.124 e. The average molecular weight is 397 g/mol. The SMILES string of the molecule is CNC(c1cccc(I)c1)c1ccccc1OCCOC. The Bertz CT molecular complexity index is 574. The predicted molar refractivity (Wildman–Crippen MR) is 93.9 cm³/mol. The lowest BCUT2D eigenvalue weighted by Crippen LogP contribution is -2.19. The summed E-state index contributed by atoms with van der Waals surface area (Å²) in [6.45, 7) is 1.14. The summed E-state index contributed by atoms with van der Waals surface area (Å²) in [7, 11) is 3.65. The van der Waals surface area contributed by atoms with Crippen molar-refractivity contribution in [3.05, 3.63) is 63.2 Å². The standard InChI is InChI=1S/C17H20INO2/c1-19-17(13-6-5-7-14(18)12-13)15-8-3-4-9-16(15)21-11-10-20-2/h3-9,12,17,19H,10-11H2,1-2H3. The van der Waals surface area contributed by atoms with E-state index in [1.807, 2.05) is 25.2 Å². The van der Waals surface area contributed by atoms with E-state index in [2.05, 4.69) is 58.2 Å². The van der Waals surface area contributed by atoms with Crippen LogP contribution in [0.15, 0.2) is 48.5 Å². The predicted octanol–water partition coefficient (Wildman–Crippen LogP) is 3.63. The molecular formula is C17H20INO2. The molecule has 1 N–H and O–H groups in total. The Morgan fingerprint density at radius 2 is 1.90 bits per heavy atom. The highest BCUT2D eigenvalue weighted by molar-refractivity contribution is 14.1. The van der Waals surface area contributed by atoms with E-state index in [1.54, 1.807) is 7.11 Å². The lowest BCUT2D eigenvalue weighted by Gasteiger charge is -2.21. The molecule has 0 bridgehead atoms. The number of ether oxygens (including phenoxy) is 2. The highest BCUT2D eigenvalue weighted by atomic mass is 127. The van der Waals surface area contributed by atoms with Gasteiger partial charge in [-0.15, -0.1) is 0 Å². The second kappa shape index (κ2) is 8.36. The van der Waals surface area contributed by atoms with Crippen LogP contribution >= 0.6 is 22.6 Å². The van der Waals surface area contributed by atoms with Crippen LogP contribution in [0.5, 0.6) is 5.75 Å². The largest absolute Gasteiger partial charge is 0.491 e. The van der Waals surface area contributed by atoms with Crippen LogP contribution < -0.4 is 10.1 Å². The number of rotatable bonds is 7. The fourth-order valence-electron chi connectivity index (χ4n) is 2.27. The van der Waals surface area contributed by atoms with Crippen LogP contribution in [-0.4, -0.2) is 27.4 Å². The molecular weight excluding hydrogens is 377 g/mol. The molecule has 1 atom stereocenters. The summed E-state index contributed by atoms with van der Waals surface area (Å²) in [6, 6.07) is 16.7. The van der Waals surface area contributed by atoms with Crippen molar-refractivity contribution in [3.63, 3.8) is 0 Å². The summed E-state index contributed by atoms with van der Waals surface area (Å²) in [4.78, 5) is 0. The molecule has 2 rings (SSSR count). The van der Waals surface area contributed by atoms with Crippen molar-refractivity contribution in [3.8, 4) is 5.75 Å². The molecule has 0 heterocycles. The molecule has 21 heavy (non-hydrogen) atoms. The molecule has 1 unspecified atom stereocenters. The molecule has 0 aliphatic rings. The second-order valence-electron chi connectivity index (χ2n) is 4.66. The van der Waals surface area contributed by atoms with Gasteiger partial charge in [-0.05, 0) is 53.4 Å². The highest BCUT2D eigenvalue weighted by Gasteiger charge is 2.16. The van der Waals surface area contributed by atoms with Gasteiger partial charge in [-0.2, -0.15) is 0 Å². The van der Waals surface area contributed by atoms with Gasteiger partial charge in [0.15, 0.2) is 0 Å². The maximum absolute atomic E-state index is 5.85. The molecule has 0 aromatic heterocycles. The minimum atomic E-state index is 0.110. The summed E-state index contributed by atoms with van der Waals surface area (Å²) < 4.78 is 12.1. The number of hydrogen-bond donors (Lipinski definition) is 1. The first-order valence-electron chi connectivity index (χ1n) is 6.89. The minimum Gasteiger partial charge on any atom is -0.491 e. The summed E-state index contributed by atoms with van der Waals surface area (Å²) >= 11 is 2.34. The molecule has 0 spiro atoms. The van der Waals surface area contributed by atoms with Crippen LogP contribution in [0.2, 0.25) is 0 Å². The fraction of sp³-hybridized carbons (Fsp3) is 0.294. The molecule has 0 radical (unpaired) electrons. The topological polar surface area (TPSA) is 30.5 Å². The van der Waals surface area contributed by atoms with E-state index in [4.69, 9.17) is 9.47 Å². The van der Waals surface area contributed by atoms with Crippen molar-refractivity contribution >= 4 is 22.6 Å². The van der Waals surface area contributed by atoms with E-state index in [0.717, 1.165) is 11.3 Å². The van der Waals surface area contributed by atoms with Gasteiger partial charge in [0.1, 0.15) is 12.4 Å². The van der Waals surface area contributed by atoms with Crippen LogP contribution in [0, 0.1) is 3.57 Å². The summed E-state index contributed by atoms with van der Waals surface area (Å²) in [5.41, 5.74) is 2.37. The summed E-state index contributed by atoms with van der Waals surface area (Å²) in [5.74, 6) is 0.896. The van der Waals surface area contributed by atoms with Gasteiger partial charge in [-0.1, -0.05) is 30.3 Å². The smallest absolute Gasteiger partial charge is 0.124 e. The molecule has 3 nitrogen and oxygen atoms in total. The normalized spacial score (nSPS) is 12.1. The molecule has 0 amide bonds. The van der Waals surface area contributed by atoms with Crippen molar-refractivity contribution in [2.24, 2.45) is 0 Å². The lowest BCUT2D eigenvalue weighted by atomic mass is 9.98. The molecule has 2 aromatic rings. The summed E-state index contributed by atoms with van der Waals surface area (Å²) in [5, 5.41) is 3.38.